The Morgan fingerprint density at radius 3 is 1.87 bits per heavy atom. The highest BCUT2D eigenvalue weighted by atomic mass is 16.3. The average molecular weight is 205 g/mol. The monoisotopic (exact) mass is 205 g/mol. The fourth-order valence-electron chi connectivity index (χ4n) is 5.75. The van der Waals surface area contributed by atoms with Crippen LogP contribution in [0.25, 0.3) is 0 Å². The highest BCUT2D eigenvalue weighted by Crippen LogP contribution is 2.70. The quantitative estimate of drug-likeness (QED) is 0.660. The zero-order valence-electron chi connectivity index (χ0n) is 9.64. The van der Waals surface area contributed by atoms with Gasteiger partial charge < -0.3 is 5.11 Å². The fourth-order valence-corrected chi connectivity index (χ4v) is 5.75. The minimum atomic E-state index is -0.534. The molecule has 4 rings (SSSR count). The molecule has 4 bridgehead atoms. The van der Waals surface area contributed by atoms with Gasteiger partial charge >= 0.3 is 0 Å². The van der Waals surface area contributed by atoms with Crippen molar-refractivity contribution in [1.29, 1.82) is 5.26 Å². The second-order valence-electron chi connectivity index (χ2n) is 7.30. The number of hydrogen-bond donors (Lipinski definition) is 1. The van der Waals surface area contributed by atoms with E-state index in [2.05, 4.69) is 19.9 Å². The Hall–Kier alpha value is -0.550. The van der Waals surface area contributed by atoms with Crippen molar-refractivity contribution in [1.82, 2.24) is 0 Å². The van der Waals surface area contributed by atoms with Gasteiger partial charge in [-0.2, -0.15) is 5.26 Å². The molecule has 0 aromatic rings. The van der Waals surface area contributed by atoms with Crippen molar-refractivity contribution in [2.75, 3.05) is 0 Å². The van der Waals surface area contributed by atoms with Crippen LogP contribution in [0.3, 0.4) is 0 Å². The number of aliphatic hydroxyl groups is 1. The average Bonchev–Trinajstić information content (AvgIpc) is 1.94. The standard InChI is InChI=1S/C13H19NO/c1-10-3-11(2)5-12(4-10,9-14)8-13(15,6-10)7-11/h15H,3-8H2,1-2H3. The number of nitrogens with zero attached hydrogens (tertiary/aromatic N) is 1. The maximum atomic E-state index is 10.6. The van der Waals surface area contributed by atoms with E-state index < -0.39 is 5.60 Å². The molecule has 4 fully saturated rings. The topological polar surface area (TPSA) is 44.0 Å². The van der Waals surface area contributed by atoms with Gasteiger partial charge in [0.25, 0.3) is 0 Å². The highest BCUT2D eigenvalue weighted by Gasteiger charge is 2.65. The highest BCUT2D eigenvalue weighted by molar-refractivity contribution is 5.21. The van der Waals surface area contributed by atoms with Crippen molar-refractivity contribution in [3.63, 3.8) is 0 Å². The van der Waals surface area contributed by atoms with Gasteiger partial charge in [-0.1, -0.05) is 13.8 Å². The summed E-state index contributed by atoms with van der Waals surface area (Å²) in [6.45, 7) is 4.53. The largest absolute Gasteiger partial charge is 0.390 e. The van der Waals surface area contributed by atoms with Crippen LogP contribution < -0.4 is 0 Å². The summed E-state index contributed by atoms with van der Waals surface area (Å²) >= 11 is 0. The molecule has 0 aromatic carbocycles. The summed E-state index contributed by atoms with van der Waals surface area (Å²) in [5.41, 5.74) is -0.317. The van der Waals surface area contributed by atoms with Crippen molar-refractivity contribution in [3.05, 3.63) is 0 Å². The maximum Gasteiger partial charge on any atom is 0.0691 e. The van der Waals surface area contributed by atoms with E-state index in [-0.39, 0.29) is 16.2 Å². The normalized spacial score (nSPS) is 61.7. The molecule has 0 aliphatic heterocycles. The van der Waals surface area contributed by atoms with Crippen molar-refractivity contribution >= 4 is 0 Å². The van der Waals surface area contributed by atoms with Crippen molar-refractivity contribution in [3.8, 4) is 6.07 Å². The van der Waals surface area contributed by atoms with E-state index >= 15 is 0 Å². The second kappa shape index (κ2) is 2.25. The third-order valence-corrected chi connectivity index (χ3v) is 4.80. The Labute approximate surface area is 91.3 Å². The summed E-state index contributed by atoms with van der Waals surface area (Å²) < 4.78 is 0. The summed E-state index contributed by atoms with van der Waals surface area (Å²) in [7, 11) is 0. The minimum absolute atomic E-state index is 0.215. The molecule has 4 aliphatic rings. The van der Waals surface area contributed by atoms with E-state index in [1.807, 2.05) is 0 Å². The molecule has 4 saturated carbocycles. The van der Waals surface area contributed by atoms with E-state index in [0.29, 0.717) is 0 Å². The Morgan fingerprint density at radius 2 is 1.47 bits per heavy atom. The van der Waals surface area contributed by atoms with Crippen LogP contribution in [0.4, 0.5) is 0 Å². The van der Waals surface area contributed by atoms with Crippen LogP contribution in [-0.4, -0.2) is 10.7 Å². The molecule has 82 valence electrons. The third kappa shape index (κ3) is 1.19. The SMILES string of the molecule is CC12CC3(C)CC(O)(C1)CC(C#N)(C2)C3. The van der Waals surface area contributed by atoms with Crippen molar-refractivity contribution in [2.24, 2.45) is 16.2 Å². The molecular formula is C13H19NO. The van der Waals surface area contributed by atoms with Crippen LogP contribution in [0.5, 0.6) is 0 Å². The molecule has 0 radical (unpaired) electrons. The summed E-state index contributed by atoms with van der Waals surface area (Å²) in [6, 6.07) is 2.53. The van der Waals surface area contributed by atoms with E-state index in [9.17, 15) is 10.4 Å². The molecule has 0 amide bonds. The van der Waals surface area contributed by atoms with E-state index in [1.54, 1.807) is 0 Å². The Bertz CT molecular complexity index is 314. The van der Waals surface area contributed by atoms with Gasteiger partial charge in [0.1, 0.15) is 0 Å². The summed E-state index contributed by atoms with van der Waals surface area (Å²) in [5, 5.41) is 20.0. The molecular weight excluding hydrogens is 186 g/mol. The summed E-state index contributed by atoms with van der Waals surface area (Å²) in [4.78, 5) is 0. The Balaban J connectivity index is 2.11. The van der Waals surface area contributed by atoms with E-state index in [1.165, 1.54) is 6.42 Å². The first kappa shape index (κ1) is 9.66. The predicted molar refractivity (Wildman–Crippen MR) is 56.9 cm³/mol. The molecule has 15 heavy (non-hydrogen) atoms. The van der Waals surface area contributed by atoms with Gasteiger partial charge in [0, 0.05) is 0 Å². The van der Waals surface area contributed by atoms with Crippen molar-refractivity contribution < 1.29 is 5.11 Å². The lowest BCUT2D eigenvalue weighted by molar-refractivity contribution is -0.208. The molecule has 4 aliphatic carbocycles. The van der Waals surface area contributed by atoms with Gasteiger partial charge in [-0.3, -0.25) is 0 Å². The third-order valence-electron chi connectivity index (χ3n) is 4.80. The van der Waals surface area contributed by atoms with Crippen LogP contribution in [-0.2, 0) is 0 Å². The minimum Gasteiger partial charge on any atom is -0.390 e. The lowest BCUT2D eigenvalue weighted by atomic mass is 9.39. The summed E-state index contributed by atoms with van der Waals surface area (Å²) in [6.07, 6.45) is 5.77. The molecule has 0 spiro atoms. The molecule has 0 aromatic heterocycles. The van der Waals surface area contributed by atoms with Crippen LogP contribution in [0, 0.1) is 27.6 Å². The van der Waals surface area contributed by atoms with Gasteiger partial charge in [-0.15, -0.1) is 0 Å². The van der Waals surface area contributed by atoms with Crippen LogP contribution >= 0.6 is 0 Å². The smallest absolute Gasteiger partial charge is 0.0691 e. The first-order valence-electron chi connectivity index (χ1n) is 5.94. The van der Waals surface area contributed by atoms with Crippen molar-refractivity contribution in [2.45, 2.75) is 58.0 Å². The number of nitriles is 1. The zero-order chi connectivity index (χ0) is 10.9. The molecule has 1 N–H and O–H groups in total. The van der Waals surface area contributed by atoms with Gasteiger partial charge in [-0.05, 0) is 49.4 Å². The van der Waals surface area contributed by atoms with Crippen LogP contribution in [0.15, 0.2) is 0 Å². The first-order valence-corrected chi connectivity index (χ1v) is 5.94. The molecule has 2 unspecified atom stereocenters. The van der Waals surface area contributed by atoms with Crippen LogP contribution in [0.2, 0.25) is 0 Å². The number of hydrogen-bond acceptors (Lipinski definition) is 2. The van der Waals surface area contributed by atoms with E-state index in [0.717, 1.165) is 32.1 Å². The first-order chi connectivity index (χ1) is 6.80. The molecule has 0 saturated heterocycles. The van der Waals surface area contributed by atoms with Crippen LogP contribution in [0.1, 0.15) is 52.4 Å². The molecule has 0 heterocycles. The lowest BCUT2D eigenvalue weighted by Crippen LogP contribution is -2.62. The summed E-state index contributed by atoms with van der Waals surface area (Å²) in [5.74, 6) is 0. The fraction of sp³-hybridized carbons (Fsp3) is 0.923. The Morgan fingerprint density at radius 1 is 0.933 bits per heavy atom. The Kier molecular flexibility index (Phi) is 1.45. The maximum absolute atomic E-state index is 10.6. The van der Waals surface area contributed by atoms with Gasteiger partial charge in [0.15, 0.2) is 0 Å². The van der Waals surface area contributed by atoms with Gasteiger partial charge in [0.05, 0.1) is 17.1 Å². The van der Waals surface area contributed by atoms with Gasteiger partial charge in [-0.25, -0.2) is 0 Å². The predicted octanol–water partition coefficient (Wildman–Crippen LogP) is 2.62. The van der Waals surface area contributed by atoms with E-state index in [4.69, 9.17) is 0 Å². The van der Waals surface area contributed by atoms with Gasteiger partial charge in [0.2, 0.25) is 0 Å². The number of rotatable bonds is 0. The zero-order valence-corrected chi connectivity index (χ0v) is 9.64. The molecule has 2 nitrogen and oxygen atoms in total. The lowest BCUT2D eigenvalue weighted by Gasteiger charge is -2.66. The molecule has 2 heteroatoms. The molecule has 2 atom stereocenters. The second-order valence-corrected chi connectivity index (χ2v) is 7.30.